The molecule has 2 atom stereocenters. The van der Waals surface area contributed by atoms with Gasteiger partial charge in [0.15, 0.2) is 0 Å². The van der Waals surface area contributed by atoms with Crippen molar-refractivity contribution in [1.82, 2.24) is 0 Å². The predicted octanol–water partition coefficient (Wildman–Crippen LogP) is 8.95. The van der Waals surface area contributed by atoms with Gasteiger partial charge in [-0.2, -0.15) is 0 Å². The van der Waals surface area contributed by atoms with Gasteiger partial charge in [0.2, 0.25) is 0 Å². The van der Waals surface area contributed by atoms with E-state index in [1.54, 1.807) is 0 Å². The van der Waals surface area contributed by atoms with Crippen molar-refractivity contribution in [2.24, 2.45) is 0 Å². The first-order valence-electron chi connectivity index (χ1n) is 12.9. The van der Waals surface area contributed by atoms with Crippen molar-refractivity contribution in [3.8, 4) is 0 Å². The summed E-state index contributed by atoms with van der Waals surface area (Å²) in [5.41, 5.74) is 8.77. The van der Waals surface area contributed by atoms with E-state index in [4.69, 9.17) is 4.74 Å². The van der Waals surface area contributed by atoms with Crippen LogP contribution in [0.15, 0.2) is 36.4 Å². The molecule has 0 aliphatic heterocycles. The molecule has 0 N–H and O–H groups in total. The molecular formula is C32H50O. The fourth-order valence-corrected chi connectivity index (χ4v) is 5.04. The number of hydrogen-bond donors (Lipinski definition) is 0. The maximum Gasteiger partial charge on any atom is 0.0560 e. The lowest BCUT2D eigenvalue weighted by Gasteiger charge is -2.34. The summed E-state index contributed by atoms with van der Waals surface area (Å²) in [6, 6.07) is 14.1. The molecule has 184 valence electrons. The predicted molar refractivity (Wildman–Crippen MR) is 146 cm³/mol. The van der Waals surface area contributed by atoms with Crippen LogP contribution in [0.1, 0.15) is 115 Å². The molecule has 0 aromatic heterocycles. The summed E-state index contributed by atoms with van der Waals surface area (Å²) in [4.78, 5) is 0. The molecule has 0 amide bonds. The van der Waals surface area contributed by atoms with Crippen molar-refractivity contribution in [3.05, 3.63) is 69.8 Å². The quantitative estimate of drug-likeness (QED) is 0.390. The van der Waals surface area contributed by atoms with E-state index in [0.29, 0.717) is 0 Å². The van der Waals surface area contributed by atoms with E-state index in [1.807, 2.05) is 0 Å². The van der Waals surface area contributed by atoms with E-state index >= 15 is 0 Å². The molecule has 1 nitrogen and oxygen atoms in total. The summed E-state index contributed by atoms with van der Waals surface area (Å²) in [6.07, 6.45) is 2.12. The van der Waals surface area contributed by atoms with Gasteiger partial charge in [0, 0.05) is 10.8 Å². The molecule has 2 aromatic rings. The van der Waals surface area contributed by atoms with Crippen LogP contribution >= 0.6 is 0 Å². The third kappa shape index (κ3) is 6.30. The molecular weight excluding hydrogens is 400 g/mol. The lowest BCUT2D eigenvalue weighted by molar-refractivity contribution is 0.0510. The zero-order chi connectivity index (χ0) is 25.2. The maximum absolute atomic E-state index is 6.53. The summed E-state index contributed by atoms with van der Waals surface area (Å²) in [7, 11) is 0. The third-order valence-electron chi connectivity index (χ3n) is 7.86. The summed E-state index contributed by atoms with van der Waals surface area (Å²) in [5.74, 6) is 0. The molecule has 0 heterocycles. The second-order valence-electron chi connectivity index (χ2n) is 12.9. The van der Waals surface area contributed by atoms with Gasteiger partial charge in [0.25, 0.3) is 0 Å². The number of rotatable bonds is 8. The molecule has 0 fully saturated rings. The van der Waals surface area contributed by atoms with Gasteiger partial charge in [-0.05, 0) is 70.9 Å². The van der Waals surface area contributed by atoms with Crippen molar-refractivity contribution in [1.29, 1.82) is 0 Å². The van der Waals surface area contributed by atoms with E-state index in [2.05, 4.69) is 119 Å². The highest BCUT2D eigenvalue weighted by Gasteiger charge is 2.31. The molecule has 2 aromatic carbocycles. The molecule has 0 saturated heterocycles. The van der Waals surface area contributed by atoms with Gasteiger partial charge in [0.1, 0.15) is 0 Å². The molecule has 0 aliphatic rings. The maximum atomic E-state index is 6.53. The molecule has 33 heavy (non-hydrogen) atoms. The Morgan fingerprint density at radius 2 is 0.909 bits per heavy atom. The molecule has 2 rings (SSSR count). The summed E-state index contributed by atoms with van der Waals surface area (Å²) < 4.78 is 6.53. The van der Waals surface area contributed by atoms with Crippen molar-refractivity contribution >= 4 is 0 Å². The van der Waals surface area contributed by atoms with Crippen LogP contribution in [0.25, 0.3) is 0 Å². The number of ether oxygens (including phenoxy) is 1. The third-order valence-corrected chi connectivity index (χ3v) is 7.86. The fourth-order valence-electron chi connectivity index (χ4n) is 5.04. The normalized spacial score (nSPS) is 16.4. The van der Waals surface area contributed by atoms with Gasteiger partial charge < -0.3 is 4.74 Å². The second-order valence-corrected chi connectivity index (χ2v) is 12.9. The standard InChI is InChI=1S/C32H50O/c1-13-31(11,25-15-17-27(23(3)19-25)29(5,6)7)21-33-22-32(12,14-2)26-16-18-28(24(4)20-26)30(8,9)10/h15-20H,13-14,21-22H2,1-12H3. The molecule has 0 radical (unpaired) electrons. The highest BCUT2D eigenvalue weighted by atomic mass is 16.5. The Balaban J connectivity index is 2.21. The van der Waals surface area contributed by atoms with E-state index in [0.717, 1.165) is 26.1 Å². The fraction of sp³-hybridized carbons (Fsp3) is 0.625. The lowest BCUT2D eigenvalue weighted by atomic mass is 9.76. The van der Waals surface area contributed by atoms with Crippen LogP contribution in [-0.2, 0) is 26.4 Å². The first kappa shape index (κ1) is 27.6. The zero-order valence-electron chi connectivity index (χ0n) is 23.7. The van der Waals surface area contributed by atoms with Crippen LogP contribution in [0, 0.1) is 13.8 Å². The Morgan fingerprint density at radius 3 is 1.15 bits per heavy atom. The Hall–Kier alpha value is -1.60. The number of hydrogen-bond acceptors (Lipinski definition) is 1. The highest BCUT2D eigenvalue weighted by molar-refractivity contribution is 5.40. The Morgan fingerprint density at radius 1 is 0.576 bits per heavy atom. The first-order chi connectivity index (χ1) is 15.1. The van der Waals surface area contributed by atoms with E-state index in [-0.39, 0.29) is 21.7 Å². The average molecular weight is 451 g/mol. The first-order valence-corrected chi connectivity index (χ1v) is 12.9. The topological polar surface area (TPSA) is 9.23 Å². The van der Waals surface area contributed by atoms with Gasteiger partial charge in [-0.1, -0.05) is 106 Å². The molecule has 0 spiro atoms. The second kappa shape index (κ2) is 9.95. The van der Waals surface area contributed by atoms with E-state index in [1.165, 1.54) is 33.4 Å². The SMILES string of the molecule is CCC(C)(COCC(C)(CC)c1ccc(C(C)(C)C)c(C)c1)c1ccc(C(C)(C)C)c(C)c1. The number of aryl methyl sites for hydroxylation is 2. The number of benzene rings is 2. The molecule has 0 bridgehead atoms. The smallest absolute Gasteiger partial charge is 0.0560 e. The van der Waals surface area contributed by atoms with Gasteiger partial charge in [-0.25, -0.2) is 0 Å². The highest BCUT2D eigenvalue weighted by Crippen LogP contribution is 2.36. The van der Waals surface area contributed by atoms with Crippen molar-refractivity contribution in [2.75, 3.05) is 13.2 Å². The van der Waals surface area contributed by atoms with E-state index < -0.39 is 0 Å². The summed E-state index contributed by atoms with van der Waals surface area (Å²) in [5, 5.41) is 0. The van der Waals surface area contributed by atoms with Gasteiger partial charge >= 0.3 is 0 Å². The van der Waals surface area contributed by atoms with Crippen LogP contribution in [0.5, 0.6) is 0 Å². The van der Waals surface area contributed by atoms with E-state index in [9.17, 15) is 0 Å². The zero-order valence-corrected chi connectivity index (χ0v) is 23.7. The minimum Gasteiger partial charge on any atom is -0.380 e. The van der Waals surface area contributed by atoms with Gasteiger partial charge in [0.05, 0.1) is 13.2 Å². The molecule has 1 heteroatoms. The minimum absolute atomic E-state index is 0.0157. The largest absolute Gasteiger partial charge is 0.380 e. The minimum atomic E-state index is 0.0157. The Kier molecular flexibility index (Phi) is 8.33. The average Bonchev–Trinajstić information content (AvgIpc) is 2.71. The Bertz CT molecular complexity index is 862. The summed E-state index contributed by atoms with van der Waals surface area (Å²) >= 11 is 0. The molecule has 0 saturated carbocycles. The van der Waals surface area contributed by atoms with Crippen molar-refractivity contribution in [3.63, 3.8) is 0 Å². The van der Waals surface area contributed by atoms with Crippen molar-refractivity contribution in [2.45, 2.75) is 118 Å². The molecule has 2 unspecified atom stereocenters. The summed E-state index contributed by atoms with van der Waals surface area (Å²) in [6.45, 7) is 29.0. The van der Waals surface area contributed by atoms with Gasteiger partial charge in [-0.15, -0.1) is 0 Å². The van der Waals surface area contributed by atoms with Crippen LogP contribution < -0.4 is 0 Å². The van der Waals surface area contributed by atoms with Gasteiger partial charge in [-0.3, -0.25) is 0 Å². The Labute approximate surface area is 205 Å². The lowest BCUT2D eigenvalue weighted by Crippen LogP contribution is -2.33. The van der Waals surface area contributed by atoms with Crippen LogP contribution in [0.3, 0.4) is 0 Å². The van der Waals surface area contributed by atoms with Crippen molar-refractivity contribution < 1.29 is 4.74 Å². The van der Waals surface area contributed by atoms with Crippen LogP contribution in [-0.4, -0.2) is 13.2 Å². The van der Waals surface area contributed by atoms with Crippen LogP contribution in [0.4, 0.5) is 0 Å². The molecule has 0 aliphatic carbocycles. The monoisotopic (exact) mass is 450 g/mol. The van der Waals surface area contributed by atoms with Crippen LogP contribution in [0.2, 0.25) is 0 Å².